The number of hydrogen-bond donors (Lipinski definition) is 0. The maximum Gasteiger partial charge on any atom is 0.303 e. The van der Waals surface area contributed by atoms with Crippen LogP contribution in [0.3, 0.4) is 0 Å². The molecule has 0 heterocycles. The molecule has 29 heavy (non-hydrogen) atoms. The summed E-state index contributed by atoms with van der Waals surface area (Å²) < 4.78 is 4.98. The first-order valence-corrected chi connectivity index (χ1v) is 11.8. The van der Waals surface area contributed by atoms with Gasteiger partial charge in [-0.05, 0) is 54.3 Å². The van der Waals surface area contributed by atoms with Crippen LogP contribution >= 0.6 is 15.9 Å². The molecule has 4 fully saturated rings. The lowest BCUT2D eigenvalue weighted by Crippen LogP contribution is -2.60. The highest BCUT2D eigenvalue weighted by Crippen LogP contribution is 2.67. The van der Waals surface area contributed by atoms with E-state index in [1.54, 1.807) is 0 Å². The maximum atomic E-state index is 13.6. The van der Waals surface area contributed by atoms with Crippen LogP contribution in [0.5, 0.6) is 0 Å². The molecule has 8 atom stereocenters. The van der Waals surface area contributed by atoms with Crippen molar-refractivity contribution in [2.45, 2.75) is 70.5 Å². The lowest BCUT2D eigenvalue weighted by atomic mass is 9.44. The molecule has 0 unspecified atom stereocenters. The monoisotopic (exact) mass is 466 g/mol. The number of Topliss-reactive ketones (excluding diaryl/α,β-unsaturated/α-hetero) is 3. The van der Waals surface area contributed by atoms with Crippen molar-refractivity contribution in [2.24, 2.45) is 40.4 Å². The van der Waals surface area contributed by atoms with E-state index >= 15 is 0 Å². The summed E-state index contributed by atoms with van der Waals surface area (Å²) in [6, 6.07) is 0. The molecule has 0 saturated heterocycles. The van der Waals surface area contributed by atoms with E-state index in [4.69, 9.17) is 4.74 Å². The van der Waals surface area contributed by atoms with Crippen LogP contribution in [0.25, 0.3) is 0 Å². The van der Waals surface area contributed by atoms with Gasteiger partial charge in [-0.1, -0.05) is 29.8 Å². The Morgan fingerprint density at radius 2 is 1.86 bits per heavy atom. The largest absolute Gasteiger partial charge is 0.458 e. The van der Waals surface area contributed by atoms with Gasteiger partial charge >= 0.3 is 5.97 Å². The smallest absolute Gasteiger partial charge is 0.303 e. The Labute approximate surface area is 180 Å². The molecular formula is C23H31BrO5. The molecule has 0 aromatic carbocycles. The second-order valence-electron chi connectivity index (χ2n) is 10.4. The second-order valence-corrected chi connectivity index (χ2v) is 11.6. The minimum absolute atomic E-state index is 0.00482. The van der Waals surface area contributed by atoms with E-state index in [-0.39, 0.29) is 57.5 Å². The number of ketones is 3. The average molecular weight is 467 g/mol. The summed E-state index contributed by atoms with van der Waals surface area (Å²) in [5, 5.41) is 0. The van der Waals surface area contributed by atoms with Gasteiger partial charge in [-0.25, -0.2) is 0 Å². The Morgan fingerprint density at radius 3 is 2.55 bits per heavy atom. The van der Waals surface area contributed by atoms with Crippen LogP contribution in [-0.2, 0) is 23.9 Å². The van der Waals surface area contributed by atoms with E-state index in [0.29, 0.717) is 31.0 Å². The molecule has 0 aromatic rings. The Hall–Kier alpha value is -1.04. The SMILES string of the molecule is CC(=O)OCC(=O)[C@H]1CC[C@H]2[C@@H]3C[C@H](Br)[C@@H]4CC(=O)CC[C@]4(C)[C@H]3C(=O)C[C@]12C. The zero-order chi connectivity index (χ0) is 21.1. The molecule has 0 aromatic heterocycles. The fraction of sp³-hybridized carbons (Fsp3) is 0.826. The van der Waals surface area contributed by atoms with Crippen LogP contribution in [0.1, 0.15) is 65.7 Å². The van der Waals surface area contributed by atoms with Crippen molar-refractivity contribution < 1.29 is 23.9 Å². The van der Waals surface area contributed by atoms with E-state index < -0.39 is 5.97 Å². The number of carbonyl (C=O) groups excluding carboxylic acids is 4. The Morgan fingerprint density at radius 1 is 1.14 bits per heavy atom. The van der Waals surface area contributed by atoms with E-state index in [1.165, 1.54) is 6.92 Å². The van der Waals surface area contributed by atoms with E-state index in [1.807, 2.05) is 0 Å². The van der Waals surface area contributed by atoms with Gasteiger partial charge in [0.15, 0.2) is 5.78 Å². The van der Waals surface area contributed by atoms with Crippen LogP contribution in [0.2, 0.25) is 0 Å². The number of alkyl halides is 1. The summed E-state index contributed by atoms with van der Waals surface area (Å²) in [7, 11) is 0. The van der Waals surface area contributed by atoms with Gasteiger partial charge in [-0.3, -0.25) is 19.2 Å². The zero-order valence-corrected chi connectivity index (χ0v) is 19.1. The van der Waals surface area contributed by atoms with Crippen LogP contribution in [0.15, 0.2) is 0 Å². The zero-order valence-electron chi connectivity index (χ0n) is 17.5. The molecule has 6 heteroatoms. The van der Waals surface area contributed by atoms with Crippen molar-refractivity contribution in [2.75, 3.05) is 6.61 Å². The van der Waals surface area contributed by atoms with Crippen LogP contribution in [-0.4, -0.2) is 34.8 Å². The molecule has 0 radical (unpaired) electrons. The van der Waals surface area contributed by atoms with Gasteiger partial charge in [-0.2, -0.15) is 0 Å². The summed E-state index contributed by atoms with van der Waals surface area (Å²) in [6.07, 6.45) is 4.99. The van der Waals surface area contributed by atoms with Gasteiger partial charge in [-0.15, -0.1) is 0 Å². The number of carbonyl (C=O) groups is 4. The third-order valence-corrected chi connectivity index (χ3v) is 9.96. The van der Waals surface area contributed by atoms with Gasteiger partial charge in [0.05, 0.1) is 0 Å². The molecule has 4 aliphatic rings. The quantitative estimate of drug-likeness (QED) is 0.465. The molecule has 4 aliphatic carbocycles. The second kappa shape index (κ2) is 7.28. The Kier molecular flexibility index (Phi) is 5.32. The van der Waals surface area contributed by atoms with E-state index in [9.17, 15) is 19.2 Å². The average Bonchev–Trinajstić information content (AvgIpc) is 2.97. The number of hydrogen-bond acceptors (Lipinski definition) is 5. The predicted octanol–water partition coefficient (Wildman–Crippen LogP) is 3.90. The molecule has 0 amide bonds. The molecule has 0 N–H and O–H groups in total. The van der Waals surface area contributed by atoms with E-state index in [2.05, 4.69) is 29.8 Å². The highest BCUT2D eigenvalue weighted by molar-refractivity contribution is 9.09. The van der Waals surface area contributed by atoms with Crippen LogP contribution in [0, 0.1) is 40.4 Å². The fourth-order valence-corrected chi connectivity index (χ4v) is 8.89. The summed E-state index contributed by atoms with van der Waals surface area (Å²) in [6.45, 7) is 5.46. The molecule has 0 spiro atoms. The van der Waals surface area contributed by atoms with Crippen molar-refractivity contribution in [3.8, 4) is 0 Å². The molecule has 4 rings (SSSR count). The van der Waals surface area contributed by atoms with Gasteiger partial charge in [0.2, 0.25) is 0 Å². The molecule has 160 valence electrons. The molecule has 5 nitrogen and oxygen atoms in total. The van der Waals surface area contributed by atoms with Crippen molar-refractivity contribution in [3.05, 3.63) is 0 Å². The van der Waals surface area contributed by atoms with Gasteiger partial charge in [0.25, 0.3) is 0 Å². The molecule has 4 saturated carbocycles. The van der Waals surface area contributed by atoms with Gasteiger partial charge in [0.1, 0.15) is 18.2 Å². The number of fused-ring (bicyclic) bond motifs is 5. The number of esters is 1. The molecular weight excluding hydrogens is 436 g/mol. The van der Waals surface area contributed by atoms with Crippen LogP contribution < -0.4 is 0 Å². The summed E-state index contributed by atoms with van der Waals surface area (Å²) in [5.41, 5.74) is -0.487. The number of halogens is 1. The first-order valence-electron chi connectivity index (χ1n) is 10.9. The van der Waals surface area contributed by atoms with E-state index in [0.717, 1.165) is 25.7 Å². The lowest BCUT2D eigenvalue weighted by Gasteiger charge is -2.60. The standard InChI is InChI=1S/C23H31BrO5/c1-12(25)29-11-20(28)16-5-4-15-14-9-18(24)17-8-13(26)6-7-22(17,2)21(14)19(27)10-23(15,16)3/h14-18,21H,4-11H2,1-3H3/t14-,15-,16+,17-,18-,21+,22-,23-/m0/s1. The summed E-state index contributed by atoms with van der Waals surface area (Å²) in [4.78, 5) is 49.9. The predicted molar refractivity (Wildman–Crippen MR) is 110 cm³/mol. The molecule has 0 bridgehead atoms. The van der Waals surface area contributed by atoms with Gasteiger partial charge in [0, 0.05) is 42.8 Å². The van der Waals surface area contributed by atoms with Crippen molar-refractivity contribution in [3.63, 3.8) is 0 Å². The minimum atomic E-state index is -0.446. The van der Waals surface area contributed by atoms with Gasteiger partial charge < -0.3 is 4.74 Å². The van der Waals surface area contributed by atoms with Crippen LogP contribution in [0.4, 0.5) is 0 Å². The first kappa shape index (κ1) is 21.2. The Bertz CT molecular complexity index is 762. The highest BCUT2D eigenvalue weighted by Gasteiger charge is 2.65. The normalized spacial score (nSPS) is 46.5. The topological polar surface area (TPSA) is 77.5 Å². The third-order valence-electron chi connectivity index (χ3n) is 8.94. The summed E-state index contributed by atoms with van der Waals surface area (Å²) in [5.74, 6) is 0.689. The van der Waals surface area contributed by atoms with Crippen molar-refractivity contribution >= 4 is 39.2 Å². The lowest BCUT2D eigenvalue weighted by molar-refractivity contribution is -0.162. The fourth-order valence-electron chi connectivity index (χ4n) is 7.66. The molecule has 0 aliphatic heterocycles. The number of rotatable bonds is 3. The third kappa shape index (κ3) is 3.24. The first-order chi connectivity index (χ1) is 13.6. The maximum absolute atomic E-state index is 13.6. The number of ether oxygens (including phenoxy) is 1. The van der Waals surface area contributed by atoms with Crippen molar-refractivity contribution in [1.82, 2.24) is 0 Å². The Balaban J connectivity index is 1.62. The highest BCUT2D eigenvalue weighted by atomic mass is 79.9. The summed E-state index contributed by atoms with van der Waals surface area (Å²) >= 11 is 3.89. The minimum Gasteiger partial charge on any atom is -0.458 e. The van der Waals surface area contributed by atoms with Crippen molar-refractivity contribution in [1.29, 1.82) is 0 Å².